The summed E-state index contributed by atoms with van der Waals surface area (Å²) in [6.45, 7) is 0.109. The van der Waals surface area contributed by atoms with Gasteiger partial charge in [-0.05, 0) is 53.6 Å². The van der Waals surface area contributed by atoms with Gasteiger partial charge in [-0.2, -0.15) is 0 Å². The highest BCUT2D eigenvalue weighted by Gasteiger charge is 2.46. The summed E-state index contributed by atoms with van der Waals surface area (Å²) >= 11 is 5.91. The first-order valence-corrected chi connectivity index (χ1v) is 9.52. The number of likely N-dealkylation sites (tertiary alicyclic amines) is 1. The number of ketones is 1. The summed E-state index contributed by atoms with van der Waals surface area (Å²) in [6.07, 6.45) is 3.20. The molecule has 1 aromatic heterocycles. The van der Waals surface area contributed by atoms with E-state index >= 15 is 0 Å². The molecule has 1 unspecified atom stereocenters. The maximum atomic E-state index is 13.5. The zero-order valence-corrected chi connectivity index (χ0v) is 16.4. The summed E-state index contributed by atoms with van der Waals surface area (Å²) in [5, 5.41) is 11.4. The van der Waals surface area contributed by atoms with Gasteiger partial charge in [-0.3, -0.25) is 14.6 Å². The summed E-state index contributed by atoms with van der Waals surface area (Å²) in [7, 11) is 0. The molecule has 30 heavy (non-hydrogen) atoms. The Hall–Kier alpha value is -3.51. The summed E-state index contributed by atoms with van der Waals surface area (Å²) in [4.78, 5) is 31.2. The van der Waals surface area contributed by atoms with Crippen LogP contribution in [0.25, 0.3) is 5.76 Å². The van der Waals surface area contributed by atoms with Crippen molar-refractivity contribution in [1.82, 2.24) is 9.88 Å². The van der Waals surface area contributed by atoms with Crippen LogP contribution in [0.5, 0.6) is 0 Å². The van der Waals surface area contributed by atoms with Crippen LogP contribution in [-0.2, 0) is 16.1 Å². The fourth-order valence-electron chi connectivity index (χ4n) is 3.49. The summed E-state index contributed by atoms with van der Waals surface area (Å²) in [5.74, 6) is -2.31. The molecule has 1 amide bonds. The number of carbonyl (C=O) groups excluding carboxylic acids is 2. The predicted octanol–water partition coefficient (Wildman–Crippen LogP) is 4.50. The van der Waals surface area contributed by atoms with Gasteiger partial charge in [0.1, 0.15) is 11.6 Å². The van der Waals surface area contributed by atoms with E-state index in [-0.39, 0.29) is 17.9 Å². The van der Waals surface area contributed by atoms with E-state index in [9.17, 15) is 19.1 Å². The summed E-state index contributed by atoms with van der Waals surface area (Å²) in [5.41, 5.74) is 1.52. The lowest BCUT2D eigenvalue weighted by Gasteiger charge is -2.25. The van der Waals surface area contributed by atoms with Gasteiger partial charge in [0, 0.05) is 29.5 Å². The SMILES string of the molecule is O=C1C(=O)N(Cc2cccnc2)C(c2ccc(F)cc2)/C1=C(/O)c1ccc(Cl)cc1. The average molecular weight is 423 g/mol. The number of carbonyl (C=O) groups is 2. The fraction of sp³-hybridized carbons (Fsp3) is 0.0870. The minimum absolute atomic E-state index is 0.0576. The van der Waals surface area contributed by atoms with Crippen LogP contribution in [0.4, 0.5) is 4.39 Å². The van der Waals surface area contributed by atoms with E-state index in [1.165, 1.54) is 29.2 Å². The van der Waals surface area contributed by atoms with Gasteiger partial charge in [-0.15, -0.1) is 0 Å². The molecule has 7 heteroatoms. The van der Waals surface area contributed by atoms with Crippen molar-refractivity contribution in [3.8, 4) is 0 Å². The molecule has 1 aliphatic rings. The first kappa shape index (κ1) is 19.8. The number of amides is 1. The van der Waals surface area contributed by atoms with Crippen LogP contribution in [0.15, 0.2) is 78.6 Å². The number of nitrogens with zero attached hydrogens (tertiary/aromatic N) is 2. The van der Waals surface area contributed by atoms with Crippen molar-refractivity contribution in [3.05, 3.63) is 106 Å². The normalized spacial score (nSPS) is 18.1. The van der Waals surface area contributed by atoms with Crippen LogP contribution in [0, 0.1) is 5.82 Å². The second-order valence-electron chi connectivity index (χ2n) is 6.85. The summed E-state index contributed by atoms with van der Waals surface area (Å²) < 4.78 is 13.5. The number of aliphatic hydroxyl groups is 1. The molecule has 1 aliphatic heterocycles. The Balaban J connectivity index is 1.85. The molecule has 0 radical (unpaired) electrons. The molecule has 0 bridgehead atoms. The first-order valence-electron chi connectivity index (χ1n) is 9.14. The minimum Gasteiger partial charge on any atom is -0.507 e. The van der Waals surface area contributed by atoms with Crippen molar-refractivity contribution in [3.63, 3.8) is 0 Å². The molecule has 1 N–H and O–H groups in total. The van der Waals surface area contributed by atoms with E-state index in [2.05, 4.69) is 4.98 Å². The molecule has 4 rings (SSSR count). The second-order valence-corrected chi connectivity index (χ2v) is 7.28. The number of pyridine rings is 1. The lowest BCUT2D eigenvalue weighted by molar-refractivity contribution is -0.140. The third-order valence-corrected chi connectivity index (χ3v) is 5.17. The molecular formula is C23H16ClFN2O3. The van der Waals surface area contributed by atoms with E-state index in [1.807, 2.05) is 0 Å². The van der Waals surface area contributed by atoms with Gasteiger partial charge in [0.05, 0.1) is 11.6 Å². The fourth-order valence-corrected chi connectivity index (χ4v) is 3.61. The van der Waals surface area contributed by atoms with Crippen LogP contribution >= 0.6 is 11.6 Å². The standard InChI is InChI=1S/C23H16ClFN2O3/c24-17-7-3-16(4-8-17)21(28)19-20(15-5-9-18(25)10-6-15)27(23(30)22(19)29)13-14-2-1-11-26-12-14/h1-12,20,28H,13H2/b21-19-. The zero-order chi connectivity index (χ0) is 21.3. The smallest absolute Gasteiger partial charge is 0.295 e. The molecular weight excluding hydrogens is 407 g/mol. The van der Waals surface area contributed by atoms with Gasteiger partial charge in [-0.25, -0.2) is 4.39 Å². The number of aromatic nitrogens is 1. The largest absolute Gasteiger partial charge is 0.507 e. The highest BCUT2D eigenvalue weighted by atomic mass is 35.5. The highest BCUT2D eigenvalue weighted by Crippen LogP contribution is 2.40. The Labute approximate surface area is 177 Å². The number of hydrogen-bond donors (Lipinski definition) is 1. The number of Topliss-reactive ketones (excluding diaryl/α,β-unsaturated/α-hetero) is 1. The van der Waals surface area contributed by atoms with Gasteiger partial charge in [0.25, 0.3) is 11.7 Å². The van der Waals surface area contributed by atoms with E-state index in [4.69, 9.17) is 11.6 Å². The third kappa shape index (κ3) is 3.69. The summed E-state index contributed by atoms with van der Waals surface area (Å²) in [6, 6.07) is 14.4. The Morgan fingerprint density at radius 2 is 1.77 bits per heavy atom. The van der Waals surface area contributed by atoms with Gasteiger partial charge in [0.15, 0.2) is 0 Å². The van der Waals surface area contributed by atoms with E-state index in [0.717, 1.165) is 5.56 Å². The van der Waals surface area contributed by atoms with Crippen molar-refractivity contribution in [2.45, 2.75) is 12.6 Å². The molecule has 1 fully saturated rings. The van der Waals surface area contributed by atoms with Gasteiger partial charge < -0.3 is 10.0 Å². The van der Waals surface area contributed by atoms with Crippen LogP contribution < -0.4 is 0 Å². The Morgan fingerprint density at radius 1 is 1.07 bits per heavy atom. The van der Waals surface area contributed by atoms with Crippen LogP contribution in [0.1, 0.15) is 22.7 Å². The number of aliphatic hydroxyl groups excluding tert-OH is 1. The van der Waals surface area contributed by atoms with Crippen molar-refractivity contribution < 1.29 is 19.1 Å². The Morgan fingerprint density at radius 3 is 2.40 bits per heavy atom. The monoisotopic (exact) mass is 422 g/mol. The van der Waals surface area contributed by atoms with Crippen molar-refractivity contribution in [1.29, 1.82) is 0 Å². The Kier molecular flexibility index (Phi) is 5.33. The number of halogens is 2. The van der Waals surface area contributed by atoms with Crippen molar-refractivity contribution in [2.24, 2.45) is 0 Å². The van der Waals surface area contributed by atoms with Crippen LogP contribution in [0.3, 0.4) is 0 Å². The third-order valence-electron chi connectivity index (χ3n) is 4.92. The van der Waals surface area contributed by atoms with Gasteiger partial charge in [0.2, 0.25) is 0 Å². The second kappa shape index (κ2) is 8.08. The molecule has 0 saturated carbocycles. The maximum Gasteiger partial charge on any atom is 0.295 e. The van der Waals surface area contributed by atoms with E-state index in [1.54, 1.807) is 48.8 Å². The number of hydrogen-bond acceptors (Lipinski definition) is 4. The highest BCUT2D eigenvalue weighted by molar-refractivity contribution is 6.46. The molecule has 2 aromatic carbocycles. The van der Waals surface area contributed by atoms with E-state index in [0.29, 0.717) is 16.1 Å². The van der Waals surface area contributed by atoms with Crippen LogP contribution in [0.2, 0.25) is 5.02 Å². The molecule has 5 nitrogen and oxygen atoms in total. The van der Waals surface area contributed by atoms with Gasteiger partial charge in [-0.1, -0.05) is 29.8 Å². The maximum absolute atomic E-state index is 13.5. The first-order chi connectivity index (χ1) is 14.5. The lowest BCUT2D eigenvalue weighted by atomic mass is 9.95. The molecule has 1 saturated heterocycles. The lowest BCUT2D eigenvalue weighted by Crippen LogP contribution is -2.29. The zero-order valence-electron chi connectivity index (χ0n) is 15.6. The quantitative estimate of drug-likeness (QED) is 0.382. The topological polar surface area (TPSA) is 70.5 Å². The molecule has 0 aliphatic carbocycles. The Bertz CT molecular complexity index is 1130. The average Bonchev–Trinajstić information content (AvgIpc) is 3.00. The minimum atomic E-state index is -0.874. The molecule has 2 heterocycles. The molecule has 150 valence electrons. The van der Waals surface area contributed by atoms with E-state index < -0.39 is 23.5 Å². The van der Waals surface area contributed by atoms with Crippen molar-refractivity contribution >= 4 is 29.1 Å². The van der Waals surface area contributed by atoms with Gasteiger partial charge >= 0.3 is 0 Å². The number of benzene rings is 2. The number of rotatable bonds is 4. The molecule has 1 atom stereocenters. The van der Waals surface area contributed by atoms with Crippen LogP contribution in [-0.4, -0.2) is 26.7 Å². The molecule has 3 aromatic rings. The van der Waals surface area contributed by atoms with Crippen molar-refractivity contribution in [2.75, 3.05) is 0 Å². The molecule has 0 spiro atoms. The predicted molar refractivity (Wildman–Crippen MR) is 110 cm³/mol.